The Labute approximate surface area is 119 Å². The average Bonchev–Trinajstić information content (AvgIpc) is 2.49. The summed E-state index contributed by atoms with van der Waals surface area (Å²) in [5.41, 5.74) is 1.28. The van der Waals surface area contributed by atoms with Crippen molar-refractivity contribution < 1.29 is 14.6 Å². The summed E-state index contributed by atoms with van der Waals surface area (Å²) in [6.45, 7) is 2.18. The lowest BCUT2D eigenvalue weighted by atomic mass is 10.1. The smallest absolute Gasteiger partial charge is 0.221 e. The molecule has 2 aromatic rings. The number of methoxy groups -OCH3 is 1. The molecule has 0 heterocycles. The van der Waals surface area contributed by atoms with Gasteiger partial charge in [0.25, 0.3) is 0 Å². The van der Waals surface area contributed by atoms with Gasteiger partial charge in [-0.15, -0.1) is 0 Å². The third-order valence-corrected chi connectivity index (χ3v) is 3.12. The highest BCUT2D eigenvalue weighted by atomic mass is 16.5. The molecular weight excluding hydrogens is 252 g/mol. The molecule has 3 heteroatoms. The van der Waals surface area contributed by atoms with E-state index in [1.165, 1.54) is 24.5 Å². The highest BCUT2D eigenvalue weighted by Gasteiger charge is 2.07. The van der Waals surface area contributed by atoms with E-state index in [-0.39, 0.29) is 11.5 Å². The molecule has 105 valence electrons. The highest BCUT2D eigenvalue weighted by molar-refractivity contribution is 5.46. The molecule has 0 aliphatic carbocycles. The van der Waals surface area contributed by atoms with Crippen molar-refractivity contribution in [1.29, 1.82) is 0 Å². The van der Waals surface area contributed by atoms with Gasteiger partial charge in [-0.25, -0.2) is 0 Å². The third kappa shape index (κ3) is 3.67. The van der Waals surface area contributed by atoms with Crippen molar-refractivity contribution in [2.45, 2.75) is 26.2 Å². The van der Waals surface area contributed by atoms with Crippen LogP contribution in [0, 0.1) is 0 Å². The molecule has 0 atom stereocenters. The SMILES string of the molecule is CCCCc1ccc(Oc2cc(OC)ccc2[O])cc1. The number of ether oxygens (including phenoxy) is 2. The Balaban J connectivity index is 2.09. The molecule has 2 aromatic carbocycles. The summed E-state index contributed by atoms with van der Waals surface area (Å²) in [5, 5.41) is 11.7. The maximum absolute atomic E-state index is 11.7. The van der Waals surface area contributed by atoms with Gasteiger partial charge in [-0.05, 0) is 42.7 Å². The normalized spacial score (nSPS) is 10.3. The van der Waals surface area contributed by atoms with E-state index in [0.29, 0.717) is 11.5 Å². The lowest BCUT2D eigenvalue weighted by Gasteiger charge is -2.08. The van der Waals surface area contributed by atoms with Gasteiger partial charge in [-0.3, -0.25) is 5.11 Å². The van der Waals surface area contributed by atoms with Crippen molar-refractivity contribution in [1.82, 2.24) is 0 Å². The van der Waals surface area contributed by atoms with Crippen LogP contribution in [0.1, 0.15) is 25.3 Å². The van der Waals surface area contributed by atoms with Crippen molar-refractivity contribution in [3.05, 3.63) is 48.0 Å². The quantitative estimate of drug-likeness (QED) is 0.743. The predicted molar refractivity (Wildman–Crippen MR) is 78.3 cm³/mol. The van der Waals surface area contributed by atoms with Crippen LogP contribution in [-0.2, 0) is 11.5 Å². The monoisotopic (exact) mass is 271 g/mol. The molecule has 0 spiro atoms. The lowest BCUT2D eigenvalue weighted by Crippen LogP contribution is -1.89. The molecule has 20 heavy (non-hydrogen) atoms. The molecule has 0 N–H and O–H groups in total. The summed E-state index contributed by atoms with van der Waals surface area (Å²) in [5.74, 6) is 1.40. The number of aryl methyl sites for hydroxylation is 1. The van der Waals surface area contributed by atoms with Gasteiger partial charge < -0.3 is 9.47 Å². The van der Waals surface area contributed by atoms with E-state index in [0.717, 1.165) is 6.42 Å². The Bertz CT molecular complexity index is 547. The average molecular weight is 271 g/mol. The topological polar surface area (TPSA) is 38.4 Å². The molecule has 2 rings (SSSR count). The number of unbranched alkanes of at least 4 members (excludes halogenated alkanes) is 1. The highest BCUT2D eigenvalue weighted by Crippen LogP contribution is 2.34. The van der Waals surface area contributed by atoms with Crippen LogP contribution >= 0.6 is 0 Å². The molecule has 0 aliphatic heterocycles. The fourth-order valence-corrected chi connectivity index (χ4v) is 1.93. The zero-order valence-electron chi connectivity index (χ0n) is 11.9. The Morgan fingerprint density at radius 3 is 2.35 bits per heavy atom. The summed E-state index contributed by atoms with van der Waals surface area (Å²) < 4.78 is 10.7. The number of benzene rings is 2. The van der Waals surface area contributed by atoms with Crippen LogP contribution < -0.4 is 9.47 Å². The summed E-state index contributed by atoms with van der Waals surface area (Å²) >= 11 is 0. The van der Waals surface area contributed by atoms with Gasteiger partial charge in [0.2, 0.25) is 5.75 Å². The molecule has 0 amide bonds. The van der Waals surface area contributed by atoms with Crippen molar-refractivity contribution >= 4 is 0 Å². The number of hydrogen-bond donors (Lipinski definition) is 0. The van der Waals surface area contributed by atoms with Gasteiger partial charge in [0.15, 0.2) is 5.75 Å². The van der Waals surface area contributed by atoms with Crippen LogP contribution in [0.4, 0.5) is 0 Å². The molecule has 0 aromatic heterocycles. The molecule has 0 bridgehead atoms. The van der Waals surface area contributed by atoms with E-state index in [4.69, 9.17) is 9.47 Å². The number of hydrogen-bond acceptors (Lipinski definition) is 2. The van der Waals surface area contributed by atoms with Crippen LogP contribution in [0.25, 0.3) is 0 Å². The largest absolute Gasteiger partial charge is 0.497 e. The van der Waals surface area contributed by atoms with Crippen molar-refractivity contribution in [2.24, 2.45) is 0 Å². The van der Waals surface area contributed by atoms with Gasteiger partial charge >= 0.3 is 0 Å². The Kier molecular flexibility index (Phi) is 4.88. The van der Waals surface area contributed by atoms with E-state index in [9.17, 15) is 5.11 Å². The molecule has 0 saturated heterocycles. The Hall–Kier alpha value is -2.16. The molecule has 0 unspecified atom stereocenters. The first kappa shape index (κ1) is 14.3. The van der Waals surface area contributed by atoms with Gasteiger partial charge in [0.1, 0.15) is 11.5 Å². The predicted octanol–water partition coefficient (Wildman–Crippen LogP) is 4.97. The summed E-state index contributed by atoms with van der Waals surface area (Å²) in [6.07, 6.45) is 3.44. The summed E-state index contributed by atoms with van der Waals surface area (Å²) in [4.78, 5) is 0. The Morgan fingerprint density at radius 2 is 1.70 bits per heavy atom. The molecule has 3 nitrogen and oxygen atoms in total. The van der Waals surface area contributed by atoms with E-state index in [1.54, 1.807) is 19.2 Å². The van der Waals surface area contributed by atoms with E-state index < -0.39 is 0 Å². The molecule has 1 radical (unpaired) electrons. The second kappa shape index (κ2) is 6.85. The minimum atomic E-state index is -0.152. The maximum atomic E-state index is 11.7. The molecule has 0 fully saturated rings. The van der Waals surface area contributed by atoms with Crippen molar-refractivity contribution in [3.8, 4) is 23.0 Å². The second-order valence-electron chi connectivity index (χ2n) is 4.66. The zero-order valence-corrected chi connectivity index (χ0v) is 11.9. The zero-order chi connectivity index (χ0) is 14.4. The first-order chi connectivity index (χ1) is 9.72. The summed E-state index contributed by atoms with van der Waals surface area (Å²) in [6, 6.07) is 12.5. The lowest BCUT2D eigenvalue weighted by molar-refractivity contribution is 0.326. The molecule has 0 saturated carbocycles. The number of rotatable bonds is 6. The first-order valence-corrected chi connectivity index (χ1v) is 6.84. The standard InChI is InChI=1S/C17H19O3/c1-3-4-5-13-6-8-14(9-7-13)20-17-12-15(19-2)10-11-16(17)18/h6-12H,3-5H2,1-2H3. The minimum Gasteiger partial charge on any atom is -0.497 e. The molecule has 0 aliphatic rings. The van der Waals surface area contributed by atoms with E-state index >= 15 is 0 Å². The van der Waals surface area contributed by atoms with Crippen LogP contribution in [0.3, 0.4) is 0 Å². The van der Waals surface area contributed by atoms with Gasteiger partial charge in [-0.2, -0.15) is 0 Å². The van der Waals surface area contributed by atoms with E-state index in [2.05, 4.69) is 6.92 Å². The van der Waals surface area contributed by atoms with Gasteiger partial charge in [0, 0.05) is 6.07 Å². The fraction of sp³-hybridized carbons (Fsp3) is 0.294. The van der Waals surface area contributed by atoms with Crippen molar-refractivity contribution in [3.63, 3.8) is 0 Å². The summed E-state index contributed by atoms with van der Waals surface area (Å²) in [7, 11) is 1.56. The fourth-order valence-electron chi connectivity index (χ4n) is 1.93. The van der Waals surface area contributed by atoms with Crippen molar-refractivity contribution in [2.75, 3.05) is 7.11 Å². The van der Waals surface area contributed by atoms with Gasteiger partial charge in [-0.1, -0.05) is 25.5 Å². The van der Waals surface area contributed by atoms with Crippen LogP contribution in [0.2, 0.25) is 0 Å². The first-order valence-electron chi connectivity index (χ1n) is 6.84. The molecular formula is C17H19O3. The Morgan fingerprint density at radius 1 is 1.00 bits per heavy atom. The third-order valence-electron chi connectivity index (χ3n) is 3.12. The van der Waals surface area contributed by atoms with Crippen LogP contribution in [0.5, 0.6) is 23.0 Å². The van der Waals surface area contributed by atoms with Crippen LogP contribution in [-0.4, -0.2) is 7.11 Å². The second-order valence-corrected chi connectivity index (χ2v) is 4.66. The van der Waals surface area contributed by atoms with Crippen LogP contribution in [0.15, 0.2) is 42.5 Å². The van der Waals surface area contributed by atoms with E-state index in [1.807, 2.05) is 24.3 Å². The maximum Gasteiger partial charge on any atom is 0.221 e. The van der Waals surface area contributed by atoms with Gasteiger partial charge in [0.05, 0.1) is 7.11 Å². The minimum absolute atomic E-state index is 0.152.